The van der Waals surface area contributed by atoms with Crippen LogP contribution in [0, 0.1) is 0 Å². The maximum absolute atomic E-state index is 4.05. The zero-order chi connectivity index (χ0) is 13.8. The molecule has 3 rings (SSSR count). The molecule has 0 aliphatic heterocycles. The van der Waals surface area contributed by atoms with Gasteiger partial charge in [-0.15, -0.1) is 11.3 Å². The first kappa shape index (κ1) is 13.8. The van der Waals surface area contributed by atoms with Gasteiger partial charge in [-0.25, -0.2) is 0 Å². The Bertz CT molecular complexity index is 524. The van der Waals surface area contributed by atoms with Crippen LogP contribution in [-0.4, -0.2) is 11.5 Å². The Balaban J connectivity index is 1.54. The zero-order valence-corrected chi connectivity index (χ0v) is 12.9. The molecule has 0 aromatic carbocycles. The number of rotatable bonds is 5. The fraction of sp³-hybridized carbons (Fsp3) is 0.471. The predicted octanol–water partition coefficient (Wildman–Crippen LogP) is 3.92. The Morgan fingerprint density at radius 1 is 1.25 bits per heavy atom. The molecular formula is C17H22N2S. The lowest BCUT2D eigenvalue weighted by Crippen LogP contribution is -2.20. The molecule has 106 valence electrons. The zero-order valence-electron chi connectivity index (χ0n) is 12.1. The first-order valence-electron chi connectivity index (χ1n) is 7.56. The molecule has 2 aromatic heterocycles. The van der Waals surface area contributed by atoms with Crippen LogP contribution in [0.4, 0.5) is 0 Å². The molecule has 0 amide bonds. The van der Waals surface area contributed by atoms with Gasteiger partial charge in [0.1, 0.15) is 0 Å². The monoisotopic (exact) mass is 286 g/mol. The molecule has 1 aliphatic carbocycles. The molecule has 3 heteroatoms. The van der Waals surface area contributed by atoms with Crippen LogP contribution in [0.2, 0.25) is 0 Å². The highest BCUT2D eigenvalue weighted by atomic mass is 32.1. The number of nitrogens with one attached hydrogen (secondary N) is 1. The van der Waals surface area contributed by atoms with Gasteiger partial charge in [-0.1, -0.05) is 0 Å². The van der Waals surface area contributed by atoms with Gasteiger partial charge in [0.25, 0.3) is 0 Å². The smallest absolute Gasteiger partial charge is 0.0386 e. The highest BCUT2D eigenvalue weighted by molar-refractivity contribution is 7.12. The van der Waals surface area contributed by atoms with E-state index in [1.54, 1.807) is 10.4 Å². The summed E-state index contributed by atoms with van der Waals surface area (Å²) in [6.07, 6.45) is 10.1. The van der Waals surface area contributed by atoms with Crippen LogP contribution in [0.25, 0.3) is 0 Å². The number of thiophene rings is 1. The van der Waals surface area contributed by atoms with Crippen LogP contribution in [0.15, 0.2) is 30.6 Å². The van der Waals surface area contributed by atoms with E-state index >= 15 is 0 Å². The van der Waals surface area contributed by atoms with Gasteiger partial charge in [0, 0.05) is 28.2 Å². The molecule has 0 fully saturated rings. The van der Waals surface area contributed by atoms with Crippen LogP contribution in [0.1, 0.15) is 46.7 Å². The van der Waals surface area contributed by atoms with Gasteiger partial charge >= 0.3 is 0 Å². The number of hydrogen-bond acceptors (Lipinski definition) is 3. The Morgan fingerprint density at radius 2 is 2.05 bits per heavy atom. The van der Waals surface area contributed by atoms with Crippen molar-refractivity contribution in [3.8, 4) is 0 Å². The molecular weight excluding hydrogens is 264 g/mol. The van der Waals surface area contributed by atoms with Crippen LogP contribution in [0.5, 0.6) is 0 Å². The second kappa shape index (κ2) is 6.51. The quantitative estimate of drug-likeness (QED) is 0.901. The average Bonchev–Trinajstić information content (AvgIpc) is 2.92. The summed E-state index contributed by atoms with van der Waals surface area (Å²) in [6.45, 7) is 3.30. The standard InChI is InChI=1S/C17H22N2S/c1-13(19-11-8-14-6-9-18-10-7-14)17-12-15-4-2-3-5-16(15)20-17/h6-7,9-10,12-13,19H,2-5,8,11H2,1H3. The van der Waals surface area contributed by atoms with Gasteiger partial charge in [-0.05, 0) is 74.9 Å². The van der Waals surface area contributed by atoms with Crippen molar-refractivity contribution < 1.29 is 0 Å². The van der Waals surface area contributed by atoms with Crippen LogP contribution < -0.4 is 5.32 Å². The van der Waals surface area contributed by atoms with Crippen LogP contribution in [-0.2, 0) is 19.3 Å². The van der Waals surface area contributed by atoms with E-state index in [1.165, 1.54) is 36.1 Å². The summed E-state index contributed by atoms with van der Waals surface area (Å²) in [5, 5.41) is 3.65. The van der Waals surface area contributed by atoms with Crippen molar-refractivity contribution in [1.29, 1.82) is 0 Å². The van der Waals surface area contributed by atoms with E-state index in [9.17, 15) is 0 Å². The highest BCUT2D eigenvalue weighted by Gasteiger charge is 2.16. The first-order valence-corrected chi connectivity index (χ1v) is 8.38. The predicted molar refractivity (Wildman–Crippen MR) is 85.3 cm³/mol. The molecule has 2 nitrogen and oxygen atoms in total. The Labute approximate surface area is 125 Å². The molecule has 2 heterocycles. The summed E-state index contributed by atoms with van der Waals surface area (Å²) < 4.78 is 0. The van der Waals surface area contributed by atoms with Crippen molar-refractivity contribution in [2.75, 3.05) is 6.54 Å². The summed E-state index contributed by atoms with van der Waals surface area (Å²) in [4.78, 5) is 7.19. The van der Waals surface area contributed by atoms with E-state index in [0.29, 0.717) is 6.04 Å². The third kappa shape index (κ3) is 3.28. The molecule has 0 bridgehead atoms. The first-order chi connectivity index (χ1) is 9.83. The number of aryl methyl sites for hydroxylation is 2. The number of nitrogens with zero attached hydrogens (tertiary/aromatic N) is 1. The molecule has 2 aromatic rings. The number of fused-ring (bicyclic) bond motifs is 1. The van der Waals surface area contributed by atoms with Crippen LogP contribution in [0.3, 0.4) is 0 Å². The number of hydrogen-bond donors (Lipinski definition) is 1. The van der Waals surface area contributed by atoms with Gasteiger partial charge in [-0.2, -0.15) is 0 Å². The molecule has 20 heavy (non-hydrogen) atoms. The van der Waals surface area contributed by atoms with Crippen LogP contribution >= 0.6 is 11.3 Å². The third-order valence-electron chi connectivity index (χ3n) is 4.06. The van der Waals surface area contributed by atoms with E-state index in [0.717, 1.165) is 13.0 Å². The van der Waals surface area contributed by atoms with E-state index in [-0.39, 0.29) is 0 Å². The molecule has 1 unspecified atom stereocenters. The molecule has 0 saturated carbocycles. The molecule has 1 atom stereocenters. The normalized spacial score (nSPS) is 15.8. The van der Waals surface area contributed by atoms with Crippen molar-refractivity contribution in [1.82, 2.24) is 10.3 Å². The van der Waals surface area contributed by atoms with Gasteiger partial charge in [0.15, 0.2) is 0 Å². The Kier molecular flexibility index (Phi) is 4.48. The summed E-state index contributed by atoms with van der Waals surface area (Å²) >= 11 is 2.02. The summed E-state index contributed by atoms with van der Waals surface area (Å²) in [6, 6.07) is 7.09. The summed E-state index contributed by atoms with van der Waals surface area (Å²) in [7, 11) is 0. The maximum atomic E-state index is 4.05. The second-order valence-electron chi connectivity index (χ2n) is 5.59. The van der Waals surface area contributed by atoms with Gasteiger partial charge < -0.3 is 5.32 Å². The van der Waals surface area contributed by atoms with Gasteiger partial charge in [0.2, 0.25) is 0 Å². The van der Waals surface area contributed by atoms with E-state index in [4.69, 9.17) is 0 Å². The van der Waals surface area contributed by atoms with Crippen molar-refractivity contribution in [2.24, 2.45) is 0 Å². The largest absolute Gasteiger partial charge is 0.309 e. The molecule has 1 aliphatic rings. The van der Waals surface area contributed by atoms with E-state index in [1.807, 2.05) is 23.7 Å². The number of aromatic nitrogens is 1. The molecule has 0 saturated heterocycles. The van der Waals surface area contributed by atoms with Crippen molar-refractivity contribution in [2.45, 2.75) is 45.1 Å². The van der Waals surface area contributed by atoms with Gasteiger partial charge in [-0.3, -0.25) is 4.98 Å². The molecule has 1 N–H and O–H groups in total. The fourth-order valence-electron chi connectivity index (χ4n) is 2.81. The second-order valence-corrected chi connectivity index (χ2v) is 6.75. The lowest BCUT2D eigenvalue weighted by molar-refractivity contribution is 0.584. The minimum atomic E-state index is 0.465. The fourth-order valence-corrected chi connectivity index (χ4v) is 4.09. The highest BCUT2D eigenvalue weighted by Crippen LogP contribution is 2.32. The lowest BCUT2D eigenvalue weighted by Gasteiger charge is -2.11. The molecule has 0 radical (unpaired) electrons. The third-order valence-corrected chi connectivity index (χ3v) is 5.48. The SMILES string of the molecule is CC(NCCc1ccncc1)c1cc2c(s1)CCCC2. The Hall–Kier alpha value is -1.19. The molecule has 0 spiro atoms. The van der Waals surface area contributed by atoms with Crippen molar-refractivity contribution in [3.63, 3.8) is 0 Å². The van der Waals surface area contributed by atoms with E-state index < -0.39 is 0 Å². The minimum absolute atomic E-state index is 0.465. The summed E-state index contributed by atoms with van der Waals surface area (Å²) in [5.74, 6) is 0. The maximum Gasteiger partial charge on any atom is 0.0386 e. The summed E-state index contributed by atoms with van der Waals surface area (Å²) in [5.41, 5.74) is 2.96. The lowest BCUT2D eigenvalue weighted by atomic mass is 9.99. The average molecular weight is 286 g/mol. The van der Waals surface area contributed by atoms with E-state index in [2.05, 4.69) is 35.4 Å². The topological polar surface area (TPSA) is 24.9 Å². The number of pyridine rings is 1. The van der Waals surface area contributed by atoms with Crippen molar-refractivity contribution in [3.05, 3.63) is 51.5 Å². The van der Waals surface area contributed by atoms with Crippen molar-refractivity contribution >= 4 is 11.3 Å². The minimum Gasteiger partial charge on any atom is -0.309 e. The Morgan fingerprint density at radius 3 is 2.85 bits per heavy atom. The van der Waals surface area contributed by atoms with Gasteiger partial charge in [0.05, 0.1) is 0 Å².